The standard InChI is InChI=1S/C13H13NO5S3.K/c1-20(15)11-5-3-7-13(9-11)22(18,19)14-10-4-2-6-12(8-10)21(16)17;/h2-9,14H,1H3,(H,16,17);/q;+1/p-1. The average Bonchev–Trinajstić information content (AvgIpc) is 2.47. The molecule has 0 aliphatic heterocycles. The Kier molecular flexibility index (Phi) is 8.24. The number of nitrogens with one attached hydrogen (secondary N) is 1. The Morgan fingerprint density at radius 2 is 1.61 bits per heavy atom. The van der Waals surface area contributed by atoms with Crippen molar-refractivity contribution in [2.75, 3.05) is 11.0 Å². The molecule has 0 bridgehead atoms. The van der Waals surface area contributed by atoms with Crippen LogP contribution in [0.2, 0.25) is 0 Å². The van der Waals surface area contributed by atoms with Crippen LogP contribution in [0.15, 0.2) is 63.2 Å². The van der Waals surface area contributed by atoms with Gasteiger partial charge in [0, 0.05) is 32.5 Å². The van der Waals surface area contributed by atoms with E-state index >= 15 is 0 Å². The summed E-state index contributed by atoms with van der Waals surface area (Å²) in [7, 11) is -5.20. The zero-order valence-electron chi connectivity index (χ0n) is 12.4. The van der Waals surface area contributed by atoms with Crippen LogP contribution in [0.5, 0.6) is 0 Å². The molecule has 0 aliphatic rings. The molecule has 6 nitrogen and oxygen atoms in total. The SMILES string of the molecule is CS(=O)c1cccc(S(=O)(=O)Nc2cccc(S(=O)[O-])c2)c1.[K+]. The molecule has 0 aromatic heterocycles. The van der Waals surface area contributed by atoms with Crippen LogP contribution in [0.1, 0.15) is 0 Å². The van der Waals surface area contributed by atoms with Crippen LogP contribution in [0.4, 0.5) is 5.69 Å². The number of hydrogen-bond donors (Lipinski definition) is 1. The van der Waals surface area contributed by atoms with Crippen molar-refractivity contribution < 1.29 is 72.8 Å². The molecule has 2 aromatic carbocycles. The smallest absolute Gasteiger partial charge is 0.768 e. The van der Waals surface area contributed by atoms with E-state index in [-0.39, 0.29) is 66.9 Å². The van der Waals surface area contributed by atoms with Crippen LogP contribution in [0.3, 0.4) is 0 Å². The first-order chi connectivity index (χ1) is 10.3. The van der Waals surface area contributed by atoms with Crippen molar-refractivity contribution in [1.82, 2.24) is 0 Å². The maximum absolute atomic E-state index is 12.3. The predicted molar refractivity (Wildman–Crippen MR) is 83.2 cm³/mol. The van der Waals surface area contributed by atoms with Crippen LogP contribution in [0, 0.1) is 0 Å². The van der Waals surface area contributed by atoms with E-state index in [1.54, 1.807) is 6.07 Å². The maximum Gasteiger partial charge on any atom is 1.00 e. The summed E-state index contributed by atoms with van der Waals surface area (Å²) >= 11 is -2.45. The Labute approximate surface area is 182 Å². The third kappa shape index (κ3) is 5.83. The zero-order chi connectivity index (χ0) is 16.3. The first kappa shape index (κ1) is 21.1. The maximum atomic E-state index is 12.3. The minimum Gasteiger partial charge on any atom is -0.768 e. The van der Waals surface area contributed by atoms with Crippen LogP contribution >= 0.6 is 0 Å². The molecule has 10 heteroatoms. The Bertz CT molecular complexity index is 854. The number of rotatable bonds is 5. The number of hydrogen-bond acceptors (Lipinski definition) is 5. The fourth-order valence-electron chi connectivity index (χ4n) is 1.70. The van der Waals surface area contributed by atoms with E-state index in [0.29, 0.717) is 4.90 Å². The summed E-state index contributed by atoms with van der Waals surface area (Å²) in [5.41, 5.74) is 0.129. The molecule has 0 aliphatic carbocycles. The van der Waals surface area contributed by atoms with Gasteiger partial charge in [0.15, 0.2) is 0 Å². The molecule has 2 atom stereocenters. The molecule has 0 spiro atoms. The monoisotopic (exact) mass is 397 g/mol. The van der Waals surface area contributed by atoms with Gasteiger partial charge in [-0.1, -0.05) is 12.1 Å². The molecule has 2 unspecified atom stereocenters. The summed E-state index contributed by atoms with van der Waals surface area (Å²) in [5.74, 6) is 0. The first-order valence-corrected chi connectivity index (χ1v) is 10.1. The van der Waals surface area contributed by atoms with Gasteiger partial charge in [0.2, 0.25) is 0 Å². The van der Waals surface area contributed by atoms with Gasteiger partial charge < -0.3 is 4.55 Å². The van der Waals surface area contributed by atoms with Crippen LogP contribution < -0.4 is 56.1 Å². The van der Waals surface area contributed by atoms with E-state index in [1.807, 2.05) is 0 Å². The van der Waals surface area contributed by atoms with E-state index < -0.39 is 31.9 Å². The Morgan fingerprint density at radius 3 is 2.22 bits per heavy atom. The molecule has 118 valence electrons. The van der Waals surface area contributed by atoms with Gasteiger partial charge in [-0.25, -0.2) is 8.42 Å². The van der Waals surface area contributed by atoms with E-state index in [9.17, 15) is 21.4 Å². The summed E-state index contributed by atoms with van der Waals surface area (Å²) in [5, 5.41) is 0. The van der Waals surface area contributed by atoms with E-state index in [0.717, 1.165) is 0 Å². The average molecular weight is 398 g/mol. The second-order valence-electron chi connectivity index (χ2n) is 4.30. The van der Waals surface area contributed by atoms with Crippen molar-refractivity contribution in [3.8, 4) is 0 Å². The van der Waals surface area contributed by atoms with Crippen molar-refractivity contribution in [3.05, 3.63) is 48.5 Å². The second-order valence-corrected chi connectivity index (χ2v) is 8.30. The Hall–Kier alpha value is 0.0864. The molecule has 1 N–H and O–H groups in total. The van der Waals surface area contributed by atoms with Crippen molar-refractivity contribution in [2.24, 2.45) is 0 Å². The topological polar surface area (TPSA) is 103 Å². The third-order valence-electron chi connectivity index (χ3n) is 2.73. The van der Waals surface area contributed by atoms with Crippen molar-refractivity contribution in [3.63, 3.8) is 0 Å². The molecule has 0 radical (unpaired) electrons. The predicted octanol–water partition coefficient (Wildman–Crippen LogP) is -1.53. The number of sulfonamides is 1. The van der Waals surface area contributed by atoms with Crippen LogP contribution in [-0.4, -0.2) is 27.6 Å². The largest absolute Gasteiger partial charge is 1.00 e. The molecular formula is C13H12KNO5S3. The fourth-order valence-corrected chi connectivity index (χ4v) is 3.84. The molecule has 0 heterocycles. The molecule has 0 saturated heterocycles. The summed E-state index contributed by atoms with van der Waals surface area (Å²) in [6.07, 6.45) is 1.45. The van der Waals surface area contributed by atoms with Gasteiger partial charge in [0.05, 0.1) is 4.90 Å². The summed E-state index contributed by atoms with van der Waals surface area (Å²) < 4.78 is 60.1. The first-order valence-electron chi connectivity index (χ1n) is 5.95. The van der Waals surface area contributed by atoms with E-state index in [4.69, 9.17) is 0 Å². The summed E-state index contributed by atoms with van der Waals surface area (Å²) in [4.78, 5) is 0.315. The van der Waals surface area contributed by atoms with Gasteiger partial charge in [0.25, 0.3) is 10.0 Å². The zero-order valence-corrected chi connectivity index (χ0v) is 18.0. The molecule has 0 saturated carbocycles. The third-order valence-corrected chi connectivity index (χ3v) is 5.66. The minimum atomic E-state index is -3.90. The van der Waals surface area contributed by atoms with E-state index in [2.05, 4.69) is 4.72 Å². The van der Waals surface area contributed by atoms with Crippen molar-refractivity contribution >= 4 is 37.6 Å². The molecule has 0 fully saturated rings. The normalized spacial score (nSPS) is 13.7. The quantitative estimate of drug-likeness (QED) is 0.487. The Balaban J connectivity index is 0.00000264. The summed E-state index contributed by atoms with van der Waals surface area (Å²) in [6.45, 7) is 0. The summed E-state index contributed by atoms with van der Waals surface area (Å²) in [6, 6.07) is 11.2. The van der Waals surface area contributed by atoms with Gasteiger partial charge >= 0.3 is 51.4 Å². The van der Waals surface area contributed by atoms with Gasteiger partial charge in [-0.15, -0.1) is 0 Å². The van der Waals surface area contributed by atoms with Crippen LogP contribution in [0.25, 0.3) is 0 Å². The van der Waals surface area contributed by atoms with Gasteiger partial charge in [-0.05, 0) is 47.5 Å². The number of anilines is 1. The fraction of sp³-hybridized carbons (Fsp3) is 0.0769. The van der Waals surface area contributed by atoms with Gasteiger partial charge in [-0.3, -0.25) is 13.1 Å². The molecule has 2 rings (SSSR count). The Morgan fingerprint density at radius 1 is 1.00 bits per heavy atom. The van der Waals surface area contributed by atoms with Crippen LogP contribution in [-0.2, 0) is 31.9 Å². The van der Waals surface area contributed by atoms with Gasteiger partial charge in [0.1, 0.15) is 0 Å². The van der Waals surface area contributed by atoms with Gasteiger partial charge in [-0.2, -0.15) is 0 Å². The van der Waals surface area contributed by atoms with Crippen molar-refractivity contribution in [2.45, 2.75) is 14.7 Å². The van der Waals surface area contributed by atoms with E-state index in [1.165, 1.54) is 48.7 Å². The second kappa shape index (κ2) is 8.97. The van der Waals surface area contributed by atoms with Crippen molar-refractivity contribution in [1.29, 1.82) is 0 Å². The minimum absolute atomic E-state index is 0. The molecular weight excluding hydrogens is 385 g/mol. The molecule has 0 amide bonds. The molecule has 23 heavy (non-hydrogen) atoms. The molecule has 2 aromatic rings. The number of benzene rings is 2.